The Morgan fingerprint density at radius 2 is 1.90 bits per heavy atom. The summed E-state index contributed by atoms with van der Waals surface area (Å²) in [4.78, 5) is 10.9. The summed E-state index contributed by atoms with van der Waals surface area (Å²) in [5, 5.41) is 6.13. The van der Waals surface area contributed by atoms with E-state index in [1.165, 1.54) is 38.5 Å². The number of anilines is 1. The Morgan fingerprint density at radius 3 is 2.62 bits per heavy atom. The van der Waals surface area contributed by atoms with Crippen LogP contribution in [0.4, 0.5) is 10.5 Å². The molecule has 4 N–H and O–H groups in total. The zero-order valence-corrected chi connectivity index (χ0v) is 13.3. The van der Waals surface area contributed by atoms with Crippen LogP contribution < -0.4 is 16.4 Å². The average molecular weight is 312 g/mol. The molecule has 1 saturated carbocycles. The lowest BCUT2D eigenvalue weighted by Crippen LogP contribution is -2.22. The first-order valence-corrected chi connectivity index (χ1v) is 7.61. The van der Waals surface area contributed by atoms with Gasteiger partial charge in [0.2, 0.25) is 0 Å². The van der Waals surface area contributed by atoms with Crippen molar-refractivity contribution in [2.24, 2.45) is 11.7 Å². The fraction of sp³-hybridized carbons (Fsp3) is 0.562. The lowest BCUT2D eigenvalue weighted by molar-refractivity contribution is 0.259. The number of para-hydroxylation sites is 1. The van der Waals surface area contributed by atoms with E-state index in [1.807, 2.05) is 24.3 Å². The van der Waals surface area contributed by atoms with E-state index in [1.54, 1.807) is 0 Å². The first kappa shape index (κ1) is 17.8. The summed E-state index contributed by atoms with van der Waals surface area (Å²) < 4.78 is 0. The van der Waals surface area contributed by atoms with Gasteiger partial charge in [0.15, 0.2) is 0 Å². The van der Waals surface area contributed by atoms with Crippen molar-refractivity contribution >= 4 is 24.1 Å². The van der Waals surface area contributed by atoms with Crippen molar-refractivity contribution < 1.29 is 4.79 Å². The van der Waals surface area contributed by atoms with Gasteiger partial charge in [-0.05, 0) is 30.5 Å². The van der Waals surface area contributed by atoms with Crippen LogP contribution in [0.15, 0.2) is 24.3 Å². The molecule has 0 aliphatic heterocycles. The fourth-order valence-corrected chi connectivity index (χ4v) is 2.93. The monoisotopic (exact) mass is 311 g/mol. The summed E-state index contributed by atoms with van der Waals surface area (Å²) in [6.07, 6.45) is 8.25. The molecule has 1 aromatic rings. The number of rotatable bonds is 6. The minimum Gasteiger partial charge on any atom is -0.351 e. The third kappa shape index (κ3) is 6.36. The minimum absolute atomic E-state index is 0. The maximum atomic E-state index is 10.9. The molecule has 118 valence electrons. The van der Waals surface area contributed by atoms with Gasteiger partial charge in [0.05, 0.1) is 0 Å². The van der Waals surface area contributed by atoms with Crippen LogP contribution in [0, 0.1) is 5.92 Å². The van der Waals surface area contributed by atoms with Crippen LogP contribution in [0.2, 0.25) is 0 Å². The Bertz CT molecular complexity index is 433. The first-order chi connectivity index (χ1) is 9.75. The van der Waals surface area contributed by atoms with Crippen molar-refractivity contribution in [1.29, 1.82) is 0 Å². The molecule has 2 rings (SSSR count). The van der Waals surface area contributed by atoms with Crippen molar-refractivity contribution in [3.05, 3.63) is 29.8 Å². The highest BCUT2D eigenvalue weighted by atomic mass is 35.5. The third-order valence-corrected chi connectivity index (χ3v) is 4.04. The molecule has 2 amide bonds. The zero-order chi connectivity index (χ0) is 14.2. The summed E-state index contributed by atoms with van der Waals surface area (Å²) >= 11 is 0. The number of hydrogen-bond acceptors (Lipinski definition) is 2. The SMILES string of the molecule is Cl.NC(=O)Nc1ccccc1CNCCC1CCCCC1. The van der Waals surface area contributed by atoms with E-state index in [4.69, 9.17) is 5.73 Å². The molecular formula is C16H26ClN3O. The van der Waals surface area contributed by atoms with Crippen LogP contribution in [-0.2, 0) is 6.54 Å². The smallest absolute Gasteiger partial charge is 0.316 e. The number of amides is 2. The van der Waals surface area contributed by atoms with E-state index < -0.39 is 6.03 Å². The van der Waals surface area contributed by atoms with Crippen LogP contribution in [0.3, 0.4) is 0 Å². The highest BCUT2D eigenvalue weighted by Crippen LogP contribution is 2.25. The molecule has 0 aromatic heterocycles. The Kier molecular flexibility index (Phi) is 8.16. The number of benzene rings is 1. The summed E-state index contributed by atoms with van der Waals surface area (Å²) in [6.45, 7) is 1.80. The molecule has 0 heterocycles. The van der Waals surface area contributed by atoms with Crippen molar-refractivity contribution in [2.45, 2.75) is 45.1 Å². The predicted octanol–water partition coefficient (Wildman–Crippen LogP) is 3.66. The van der Waals surface area contributed by atoms with Gasteiger partial charge in [-0.2, -0.15) is 0 Å². The van der Waals surface area contributed by atoms with Gasteiger partial charge in [-0.1, -0.05) is 50.3 Å². The van der Waals surface area contributed by atoms with E-state index in [0.717, 1.165) is 30.3 Å². The van der Waals surface area contributed by atoms with Gasteiger partial charge in [-0.25, -0.2) is 4.79 Å². The van der Waals surface area contributed by atoms with E-state index in [2.05, 4.69) is 10.6 Å². The molecule has 1 aliphatic carbocycles. The molecule has 0 unspecified atom stereocenters. The summed E-state index contributed by atoms with van der Waals surface area (Å²) in [7, 11) is 0. The van der Waals surface area contributed by atoms with Gasteiger partial charge in [-0.3, -0.25) is 0 Å². The molecule has 1 fully saturated rings. The van der Waals surface area contributed by atoms with E-state index in [-0.39, 0.29) is 12.4 Å². The zero-order valence-electron chi connectivity index (χ0n) is 12.4. The molecule has 0 radical (unpaired) electrons. The van der Waals surface area contributed by atoms with Gasteiger partial charge in [-0.15, -0.1) is 12.4 Å². The molecule has 4 nitrogen and oxygen atoms in total. The third-order valence-electron chi connectivity index (χ3n) is 4.04. The minimum atomic E-state index is -0.514. The lowest BCUT2D eigenvalue weighted by Gasteiger charge is -2.21. The van der Waals surface area contributed by atoms with Gasteiger partial charge >= 0.3 is 6.03 Å². The number of carbonyl (C=O) groups excluding carboxylic acids is 1. The van der Waals surface area contributed by atoms with Gasteiger partial charge in [0, 0.05) is 12.2 Å². The molecular weight excluding hydrogens is 286 g/mol. The lowest BCUT2D eigenvalue weighted by atomic mass is 9.87. The van der Waals surface area contributed by atoms with E-state index in [0.29, 0.717) is 0 Å². The van der Waals surface area contributed by atoms with Crippen LogP contribution in [0.1, 0.15) is 44.1 Å². The molecule has 0 bridgehead atoms. The average Bonchev–Trinajstić information content (AvgIpc) is 2.46. The predicted molar refractivity (Wildman–Crippen MR) is 89.8 cm³/mol. The first-order valence-electron chi connectivity index (χ1n) is 7.61. The van der Waals surface area contributed by atoms with Gasteiger partial charge < -0.3 is 16.4 Å². The number of hydrogen-bond donors (Lipinski definition) is 3. The Balaban J connectivity index is 0.00000220. The number of nitrogens with two attached hydrogens (primary N) is 1. The van der Waals surface area contributed by atoms with Crippen LogP contribution in [0.25, 0.3) is 0 Å². The highest BCUT2D eigenvalue weighted by Gasteiger charge is 2.12. The Hall–Kier alpha value is -1.26. The number of halogens is 1. The quantitative estimate of drug-likeness (QED) is 0.702. The molecule has 0 atom stereocenters. The maximum Gasteiger partial charge on any atom is 0.316 e. The molecule has 0 spiro atoms. The van der Waals surface area contributed by atoms with Gasteiger partial charge in [0.25, 0.3) is 0 Å². The largest absolute Gasteiger partial charge is 0.351 e. The summed E-state index contributed by atoms with van der Waals surface area (Å²) in [6, 6.07) is 7.25. The maximum absolute atomic E-state index is 10.9. The summed E-state index contributed by atoms with van der Waals surface area (Å²) in [5.74, 6) is 0.898. The van der Waals surface area contributed by atoms with Crippen molar-refractivity contribution in [2.75, 3.05) is 11.9 Å². The second kappa shape index (κ2) is 9.64. The molecule has 0 saturated heterocycles. The number of urea groups is 1. The van der Waals surface area contributed by atoms with Crippen molar-refractivity contribution in [3.8, 4) is 0 Å². The van der Waals surface area contributed by atoms with Crippen molar-refractivity contribution in [3.63, 3.8) is 0 Å². The molecule has 21 heavy (non-hydrogen) atoms. The van der Waals surface area contributed by atoms with Crippen LogP contribution in [-0.4, -0.2) is 12.6 Å². The normalized spacial score (nSPS) is 15.2. The van der Waals surface area contributed by atoms with Crippen LogP contribution >= 0.6 is 12.4 Å². The van der Waals surface area contributed by atoms with Crippen molar-refractivity contribution in [1.82, 2.24) is 5.32 Å². The molecule has 1 aliphatic rings. The molecule has 5 heteroatoms. The van der Waals surface area contributed by atoms with E-state index in [9.17, 15) is 4.79 Å². The number of carbonyl (C=O) groups is 1. The second-order valence-corrected chi connectivity index (χ2v) is 5.62. The standard InChI is InChI=1S/C16H25N3O.ClH/c17-16(20)19-15-9-5-4-8-14(15)12-18-11-10-13-6-2-1-3-7-13;/h4-5,8-9,13,18H,1-3,6-7,10-12H2,(H3,17,19,20);1H. The highest BCUT2D eigenvalue weighted by molar-refractivity contribution is 5.88. The fourth-order valence-electron chi connectivity index (χ4n) is 2.93. The molecule has 1 aromatic carbocycles. The second-order valence-electron chi connectivity index (χ2n) is 5.62. The Morgan fingerprint density at radius 1 is 1.19 bits per heavy atom. The number of primary amides is 1. The topological polar surface area (TPSA) is 67.2 Å². The Labute approximate surface area is 133 Å². The van der Waals surface area contributed by atoms with Crippen LogP contribution in [0.5, 0.6) is 0 Å². The summed E-state index contributed by atoms with van der Waals surface area (Å²) in [5.41, 5.74) is 7.05. The van der Waals surface area contributed by atoms with Gasteiger partial charge in [0.1, 0.15) is 0 Å². The van der Waals surface area contributed by atoms with E-state index >= 15 is 0 Å². The number of nitrogens with one attached hydrogen (secondary N) is 2.